The van der Waals surface area contributed by atoms with E-state index in [1.807, 2.05) is 0 Å². The van der Waals surface area contributed by atoms with Crippen LogP contribution < -0.4 is 0 Å². The van der Waals surface area contributed by atoms with Crippen molar-refractivity contribution in [2.24, 2.45) is 0 Å². The normalized spacial score (nSPS) is 17.2. The Hall–Kier alpha value is -1.14. The monoisotopic (exact) mass is 255 g/mol. The summed E-state index contributed by atoms with van der Waals surface area (Å²) in [4.78, 5) is 18.7. The lowest BCUT2D eigenvalue weighted by Gasteiger charge is -2.33. The smallest absolute Gasteiger partial charge is 0.278 e. The predicted molar refractivity (Wildman–Crippen MR) is 65.4 cm³/mol. The number of amides is 1. The average molecular weight is 255 g/mol. The van der Waals surface area contributed by atoms with E-state index >= 15 is 0 Å². The maximum absolute atomic E-state index is 12.9. The molecule has 92 valence electrons. The third-order valence-corrected chi connectivity index (χ3v) is 3.08. The molecule has 0 aliphatic carbocycles. The van der Waals surface area contributed by atoms with Crippen LogP contribution in [0.15, 0.2) is 18.2 Å². The summed E-state index contributed by atoms with van der Waals surface area (Å²) >= 11 is 3.79. The van der Waals surface area contributed by atoms with E-state index in [0.29, 0.717) is 19.6 Å². The number of piperazine rings is 1. The summed E-state index contributed by atoms with van der Waals surface area (Å²) in [7, 11) is 0. The number of rotatable bonds is 2. The van der Waals surface area contributed by atoms with Crippen LogP contribution in [0.4, 0.5) is 9.18 Å². The second-order valence-electron chi connectivity index (χ2n) is 4.00. The largest absolute Gasteiger partial charge is 0.331 e. The van der Waals surface area contributed by atoms with E-state index in [1.165, 1.54) is 6.07 Å². The van der Waals surface area contributed by atoms with Crippen LogP contribution in [0.25, 0.3) is 0 Å². The molecule has 6 heteroatoms. The molecule has 2 heterocycles. The minimum absolute atomic E-state index is 0.187. The van der Waals surface area contributed by atoms with Gasteiger partial charge in [-0.15, -0.1) is 0 Å². The first kappa shape index (κ1) is 12.3. The van der Waals surface area contributed by atoms with Gasteiger partial charge in [0.2, 0.25) is 5.95 Å². The maximum Gasteiger partial charge on any atom is 0.278 e. The van der Waals surface area contributed by atoms with Crippen molar-refractivity contribution in [3.8, 4) is 0 Å². The van der Waals surface area contributed by atoms with E-state index in [-0.39, 0.29) is 5.24 Å². The fraction of sp³-hybridized carbons (Fsp3) is 0.455. The minimum Gasteiger partial charge on any atom is -0.331 e. The van der Waals surface area contributed by atoms with Gasteiger partial charge in [-0.3, -0.25) is 9.69 Å². The average Bonchev–Trinajstić information content (AvgIpc) is 2.29. The molecule has 0 aromatic carbocycles. The van der Waals surface area contributed by atoms with Crippen molar-refractivity contribution in [3.63, 3.8) is 0 Å². The van der Waals surface area contributed by atoms with Crippen LogP contribution in [0.5, 0.6) is 0 Å². The summed E-state index contributed by atoms with van der Waals surface area (Å²) in [5.41, 5.74) is 0.718. The molecule has 0 bridgehead atoms. The number of hydrogen-bond acceptors (Lipinski definition) is 3. The first-order valence-electron chi connectivity index (χ1n) is 5.47. The van der Waals surface area contributed by atoms with Crippen LogP contribution >= 0.6 is 12.6 Å². The quantitative estimate of drug-likeness (QED) is 0.641. The van der Waals surface area contributed by atoms with E-state index in [0.717, 1.165) is 18.8 Å². The topological polar surface area (TPSA) is 36.4 Å². The first-order chi connectivity index (χ1) is 8.15. The number of carbonyl (C=O) groups excluding carboxylic acids is 1. The highest BCUT2D eigenvalue weighted by molar-refractivity contribution is 7.96. The van der Waals surface area contributed by atoms with Crippen molar-refractivity contribution in [2.45, 2.75) is 6.54 Å². The van der Waals surface area contributed by atoms with E-state index in [2.05, 4.69) is 22.5 Å². The predicted octanol–water partition coefficient (Wildman–Crippen LogP) is 1.39. The third-order valence-electron chi connectivity index (χ3n) is 2.80. The lowest BCUT2D eigenvalue weighted by atomic mass is 10.3. The van der Waals surface area contributed by atoms with Crippen molar-refractivity contribution in [2.75, 3.05) is 26.2 Å². The zero-order valence-electron chi connectivity index (χ0n) is 9.34. The molecule has 0 spiro atoms. The standard InChI is InChI=1S/C11H14FN3OS/c12-10-3-1-2-9(13-10)8-14-4-6-15(7-5-14)11(16)17/h1-3H,4-8H2,(H,16,17). The van der Waals surface area contributed by atoms with Gasteiger partial charge in [-0.1, -0.05) is 18.7 Å². The fourth-order valence-electron chi connectivity index (χ4n) is 1.86. The van der Waals surface area contributed by atoms with Crippen LogP contribution in [-0.2, 0) is 6.54 Å². The summed E-state index contributed by atoms with van der Waals surface area (Å²) in [6.45, 7) is 3.48. The number of carbonyl (C=O) groups is 1. The highest BCUT2D eigenvalue weighted by Crippen LogP contribution is 2.08. The molecule has 0 radical (unpaired) electrons. The van der Waals surface area contributed by atoms with Gasteiger partial charge in [0.25, 0.3) is 5.24 Å². The zero-order chi connectivity index (χ0) is 12.3. The van der Waals surface area contributed by atoms with Gasteiger partial charge in [-0.25, -0.2) is 4.98 Å². The van der Waals surface area contributed by atoms with Gasteiger partial charge >= 0.3 is 0 Å². The summed E-state index contributed by atoms with van der Waals surface area (Å²) in [6, 6.07) is 4.80. The van der Waals surface area contributed by atoms with Crippen molar-refractivity contribution in [1.29, 1.82) is 0 Å². The minimum atomic E-state index is -0.452. The van der Waals surface area contributed by atoms with Gasteiger partial charge in [-0.2, -0.15) is 4.39 Å². The Morgan fingerprint density at radius 2 is 2.06 bits per heavy atom. The number of nitrogens with zero attached hydrogens (tertiary/aromatic N) is 3. The number of thiol groups is 1. The number of pyridine rings is 1. The van der Waals surface area contributed by atoms with Crippen molar-refractivity contribution >= 4 is 17.9 Å². The molecule has 0 saturated carbocycles. The Morgan fingerprint density at radius 1 is 1.35 bits per heavy atom. The van der Waals surface area contributed by atoms with Gasteiger partial charge in [-0.05, 0) is 12.1 Å². The Morgan fingerprint density at radius 3 is 2.65 bits per heavy atom. The van der Waals surface area contributed by atoms with Crippen LogP contribution in [0.1, 0.15) is 5.69 Å². The number of halogens is 1. The molecule has 0 unspecified atom stereocenters. The summed E-state index contributed by atoms with van der Waals surface area (Å²) in [5, 5.41) is -0.187. The number of aromatic nitrogens is 1. The van der Waals surface area contributed by atoms with E-state index in [9.17, 15) is 9.18 Å². The van der Waals surface area contributed by atoms with Gasteiger partial charge in [0.1, 0.15) is 0 Å². The SMILES string of the molecule is O=C(S)N1CCN(Cc2cccc(F)n2)CC1. The molecule has 1 fully saturated rings. The van der Waals surface area contributed by atoms with Crippen LogP contribution in [0.2, 0.25) is 0 Å². The van der Waals surface area contributed by atoms with Gasteiger partial charge < -0.3 is 4.90 Å². The fourth-order valence-corrected chi connectivity index (χ4v) is 2.06. The molecule has 1 aromatic rings. The highest BCUT2D eigenvalue weighted by Gasteiger charge is 2.19. The molecule has 4 nitrogen and oxygen atoms in total. The van der Waals surface area contributed by atoms with Gasteiger partial charge in [0.15, 0.2) is 0 Å². The highest BCUT2D eigenvalue weighted by atomic mass is 32.1. The Balaban J connectivity index is 1.88. The van der Waals surface area contributed by atoms with Crippen molar-refractivity contribution in [3.05, 3.63) is 29.8 Å². The molecule has 1 amide bonds. The molecule has 1 aliphatic heterocycles. The Labute approximate surface area is 105 Å². The number of hydrogen-bond donors (Lipinski definition) is 1. The molecule has 1 saturated heterocycles. The summed E-state index contributed by atoms with van der Waals surface area (Å²) in [5.74, 6) is -0.452. The van der Waals surface area contributed by atoms with Crippen LogP contribution in [-0.4, -0.2) is 46.2 Å². The molecule has 17 heavy (non-hydrogen) atoms. The van der Waals surface area contributed by atoms with Crippen molar-refractivity contribution < 1.29 is 9.18 Å². The molecular formula is C11H14FN3OS. The van der Waals surface area contributed by atoms with Crippen molar-refractivity contribution in [1.82, 2.24) is 14.8 Å². The van der Waals surface area contributed by atoms with Crippen LogP contribution in [0.3, 0.4) is 0 Å². The molecule has 0 atom stereocenters. The lowest BCUT2D eigenvalue weighted by molar-refractivity contribution is 0.148. The molecular weight excluding hydrogens is 241 g/mol. The lowest BCUT2D eigenvalue weighted by Crippen LogP contribution is -2.46. The van der Waals surface area contributed by atoms with E-state index in [4.69, 9.17) is 0 Å². The second kappa shape index (κ2) is 5.46. The van der Waals surface area contributed by atoms with Gasteiger partial charge in [0, 0.05) is 32.7 Å². The van der Waals surface area contributed by atoms with Crippen LogP contribution in [0, 0.1) is 5.95 Å². The zero-order valence-corrected chi connectivity index (χ0v) is 10.2. The second-order valence-corrected chi connectivity index (χ2v) is 4.38. The Kier molecular flexibility index (Phi) is 3.96. The molecule has 1 aliphatic rings. The summed E-state index contributed by atoms with van der Waals surface area (Å²) in [6.07, 6.45) is 0. The molecule has 1 aromatic heterocycles. The Bertz CT molecular complexity index is 407. The van der Waals surface area contributed by atoms with E-state index in [1.54, 1.807) is 17.0 Å². The first-order valence-corrected chi connectivity index (χ1v) is 5.91. The maximum atomic E-state index is 12.9. The molecule has 2 rings (SSSR count). The van der Waals surface area contributed by atoms with Gasteiger partial charge in [0.05, 0.1) is 5.69 Å². The van der Waals surface area contributed by atoms with E-state index < -0.39 is 5.95 Å². The molecule has 0 N–H and O–H groups in total. The third kappa shape index (κ3) is 3.41. The summed E-state index contributed by atoms with van der Waals surface area (Å²) < 4.78 is 12.9.